The Morgan fingerprint density at radius 1 is 1.04 bits per heavy atom. The highest BCUT2D eigenvalue weighted by Gasteiger charge is 2.45. The third-order valence-corrected chi connectivity index (χ3v) is 3.89. The fraction of sp³-hybridized carbons (Fsp3) is 1.00. The lowest BCUT2D eigenvalue weighted by atomic mass is 9.95. The summed E-state index contributed by atoms with van der Waals surface area (Å²) in [6, 6.07) is 0. The van der Waals surface area contributed by atoms with E-state index in [1.165, 1.54) is 6.92 Å². The average molecular weight is 356 g/mol. The predicted molar refractivity (Wildman–Crippen MR) is 78.8 cm³/mol. The predicted octanol–water partition coefficient (Wildman–Crippen LogP) is -3.69. The van der Waals surface area contributed by atoms with Gasteiger partial charge < -0.3 is 50.0 Å². The number of rotatable bonds is 9. The molecular formula is C14H28O10. The summed E-state index contributed by atoms with van der Waals surface area (Å²) >= 11 is 0. The SMILES string of the molecule is C[C@@H](O)[C@H](OC(CO)[C@@H](O)CO)O[C@@H]1C(O)[C@H](O)C(CO)O[C@@H]1C. The Morgan fingerprint density at radius 2 is 1.67 bits per heavy atom. The van der Waals surface area contributed by atoms with Crippen LogP contribution in [0.3, 0.4) is 0 Å². The maximum absolute atomic E-state index is 10.1. The highest BCUT2D eigenvalue weighted by atomic mass is 16.7. The van der Waals surface area contributed by atoms with Gasteiger partial charge in [-0.2, -0.15) is 0 Å². The standard InChI is InChI=1S/C14H28O10/c1-6(18)14(23-9(4-16)8(19)3-15)24-13-7(2)22-10(5-17)11(20)12(13)21/h6-21H,3-5H2,1-2H3/t6-,7-,8+,9?,10?,11-,12?,13+,14-/m1/s1. The van der Waals surface area contributed by atoms with E-state index in [9.17, 15) is 25.5 Å². The van der Waals surface area contributed by atoms with Gasteiger partial charge in [0, 0.05) is 0 Å². The molecule has 0 spiro atoms. The quantitative estimate of drug-likeness (QED) is 0.204. The monoisotopic (exact) mass is 356 g/mol. The molecule has 0 bridgehead atoms. The van der Waals surface area contributed by atoms with E-state index in [1.807, 2.05) is 0 Å². The van der Waals surface area contributed by atoms with Crippen molar-refractivity contribution in [2.75, 3.05) is 19.8 Å². The minimum atomic E-state index is -1.41. The third kappa shape index (κ3) is 5.30. The summed E-state index contributed by atoms with van der Waals surface area (Å²) < 4.78 is 16.1. The van der Waals surface area contributed by atoms with E-state index in [0.29, 0.717) is 0 Å². The van der Waals surface area contributed by atoms with Crippen molar-refractivity contribution in [2.45, 2.75) is 69.0 Å². The number of aliphatic hydroxyl groups excluding tert-OH is 7. The molecule has 0 aromatic rings. The Hall–Kier alpha value is -0.400. The van der Waals surface area contributed by atoms with E-state index >= 15 is 0 Å². The van der Waals surface area contributed by atoms with Gasteiger partial charge in [0.1, 0.15) is 42.7 Å². The zero-order valence-corrected chi connectivity index (χ0v) is 13.7. The molecule has 0 aliphatic carbocycles. The van der Waals surface area contributed by atoms with Gasteiger partial charge in [-0.1, -0.05) is 0 Å². The van der Waals surface area contributed by atoms with Gasteiger partial charge in [0.15, 0.2) is 6.29 Å². The molecule has 0 aromatic heterocycles. The van der Waals surface area contributed by atoms with E-state index in [4.69, 9.17) is 24.4 Å². The molecule has 1 saturated heterocycles. The minimum Gasteiger partial charge on any atom is -0.394 e. The molecule has 9 atom stereocenters. The van der Waals surface area contributed by atoms with Crippen LogP contribution < -0.4 is 0 Å². The highest BCUT2D eigenvalue weighted by Crippen LogP contribution is 2.25. The highest BCUT2D eigenvalue weighted by molar-refractivity contribution is 4.92. The van der Waals surface area contributed by atoms with Crippen LogP contribution in [0.5, 0.6) is 0 Å². The molecule has 1 aliphatic heterocycles. The first kappa shape index (κ1) is 21.6. The first-order valence-corrected chi connectivity index (χ1v) is 7.78. The Bertz CT molecular complexity index is 354. The van der Waals surface area contributed by atoms with Crippen LogP contribution in [0.1, 0.15) is 13.8 Å². The smallest absolute Gasteiger partial charge is 0.184 e. The van der Waals surface area contributed by atoms with Crippen molar-refractivity contribution in [2.24, 2.45) is 0 Å². The molecule has 0 saturated carbocycles. The van der Waals surface area contributed by atoms with Crippen molar-refractivity contribution in [1.29, 1.82) is 0 Å². The topological polar surface area (TPSA) is 169 Å². The van der Waals surface area contributed by atoms with Crippen molar-refractivity contribution in [3.8, 4) is 0 Å². The van der Waals surface area contributed by atoms with Gasteiger partial charge in [-0.3, -0.25) is 0 Å². The van der Waals surface area contributed by atoms with Crippen molar-refractivity contribution in [3.63, 3.8) is 0 Å². The Balaban J connectivity index is 2.80. The maximum Gasteiger partial charge on any atom is 0.184 e. The lowest BCUT2D eigenvalue weighted by Crippen LogP contribution is -2.60. The maximum atomic E-state index is 10.1. The van der Waals surface area contributed by atoms with Gasteiger partial charge in [0.25, 0.3) is 0 Å². The number of ether oxygens (including phenoxy) is 3. The van der Waals surface area contributed by atoms with E-state index in [1.54, 1.807) is 6.92 Å². The van der Waals surface area contributed by atoms with Crippen molar-refractivity contribution < 1.29 is 50.0 Å². The second-order valence-electron chi connectivity index (χ2n) is 5.86. The Labute approximate surface area is 139 Å². The zero-order chi connectivity index (χ0) is 18.4. The normalized spacial score (nSPS) is 36.1. The van der Waals surface area contributed by atoms with Crippen LogP contribution in [-0.4, -0.2) is 111 Å². The molecule has 1 fully saturated rings. The third-order valence-electron chi connectivity index (χ3n) is 3.89. The van der Waals surface area contributed by atoms with Gasteiger partial charge >= 0.3 is 0 Å². The van der Waals surface area contributed by atoms with Gasteiger partial charge in [0.05, 0.1) is 25.9 Å². The van der Waals surface area contributed by atoms with Gasteiger partial charge in [-0.25, -0.2) is 0 Å². The summed E-state index contributed by atoms with van der Waals surface area (Å²) in [7, 11) is 0. The second-order valence-corrected chi connectivity index (χ2v) is 5.86. The fourth-order valence-electron chi connectivity index (χ4n) is 2.43. The summed E-state index contributed by atoms with van der Waals surface area (Å²) in [6.45, 7) is 1.09. The molecule has 7 N–H and O–H groups in total. The van der Waals surface area contributed by atoms with Gasteiger partial charge in [-0.15, -0.1) is 0 Å². The minimum absolute atomic E-state index is 0.485. The van der Waals surface area contributed by atoms with E-state index < -0.39 is 74.9 Å². The summed E-state index contributed by atoms with van der Waals surface area (Å²) in [4.78, 5) is 0. The molecular weight excluding hydrogens is 328 g/mol. The lowest BCUT2D eigenvalue weighted by Gasteiger charge is -2.42. The van der Waals surface area contributed by atoms with Crippen LogP contribution in [0, 0.1) is 0 Å². The number of hydrogen-bond acceptors (Lipinski definition) is 10. The molecule has 3 unspecified atom stereocenters. The van der Waals surface area contributed by atoms with Crippen molar-refractivity contribution in [1.82, 2.24) is 0 Å². The molecule has 10 heteroatoms. The van der Waals surface area contributed by atoms with Crippen LogP contribution in [-0.2, 0) is 14.2 Å². The molecule has 0 aromatic carbocycles. The lowest BCUT2D eigenvalue weighted by molar-refractivity contribution is -0.306. The molecule has 1 rings (SSSR count). The Kier molecular flexibility index (Phi) is 8.95. The van der Waals surface area contributed by atoms with Gasteiger partial charge in [-0.05, 0) is 13.8 Å². The van der Waals surface area contributed by atoms with Crippen LogP contribution in [0.15, 0.2) is 0 Å². The van der Waals surface area contributed by atoms with Crippen molar-refractivity contribution >= 4 is 0 Å². The molecule has 1 aliphatic rings. The van der Waals surface area contributed by atoms with Crippen LogP contribution >= 0.6 is 0 Å². The fourth-order valence-corrected chi connectivity index (χ4v) is 2.43. The first-order chi connectivity index (χ1) is 11.3. The number of aliphatic hydroxyl groups is 7. The number of hydrogen-bond donors (Lipinski definition) is 7. The average Bonchev–Trinajstić information content (AvgIpc) is 2.56. The molecule has 0 radical (unpaired) electrons. The van der Waals surface area contributed by atoms with E-state index in [0.717, 1.165) is 0 Å². The molecule has 10 nitrogen and oxygen atoms in total. The molecule has 144 valence electrons. The molecule has 24 heavy (non-hydrogen) atoms. The summed E-state index contributed by atoms with van der Waals surface area (Å²) in [5.74, 6) is 0. The van der Waals surface area contributed by atoms with Crippen LogP contribution in [0.4, 0.5) is 0 Å². The summed E-state index contributed by atoms with van der Waals surface area (Å²) in [5.41, 5.74) is 0. The zero-order valence-electron chi connectivity index (χ0n) is 13.7. The molecule has 1 heterocycles. The largest absolute Gasteiger partial charge is 0.394 e. The summed E-state index contributed by atoms with van der Waals surface area (Å²) in [5, 5.41) is 66.6. The molecule has 0 amide bonds. The van der Waals surface area contributed by atoms with Crippen molar-refractivity contribution in [3.05, 3.63) is 0 Å². The Morgan fingerprint density at radius 3 is 2.12 bits per heavy atom. The first-order valence-electron chi connectivity index (χ1n) is 7.78. The van der Waals surface area contributed by atoms with Crippen LogP contribution in [0.2, 0.25) is 0 Å². The van der Waals surface area contributed by atoms with E-state index in [-0.39, 0.29) is 0 Å². The van der Waals surface area contributed by atoms with E-state index in [2.05, 4.69) is 0 Å². The summed E-state index contributed by atoms with van der Waals surface area (Å²) in [6.07, 6.45) is -10.8. The van der Waals surface area contributed by atoms with Crippen LogP contribution in [0.25, 0.3) is 0 Å². The second kappa shape index (κ2) is 9.92. The van der Waals surface area contributed by atoms with Gasteiger partial charge in [0.2, 0.25) is 0 Å².